The zero-order chi connectivity index (χ0) is 47.0. The smallest absolute Gasteiger partial charge is 0.315 e. The number of amides is 9. The van der Waals surface area contributed by atoms with Crippen LogP contribution in [-0.2, 0) is 33.6 Å². The summed E-state index contributed by atoms with van der Waals surface area (Å²) in [6.45, 7) is 9.30. The van der Waals surface area contributed by atoms with Gasteiger partial charge < -0.3 is 47.0 Å². The molecule has 65 heavy (non-hydrogen) atoms. The summed E-state index contributed by atoms with van der Waals surface area (Å²) in [5.74, 6) is -0.755. The Balaban J connectivity index is 0.977. The molecule has 4 aliphatic heterocycles. The number of urea groups is 1. The van der Waals surface area contributed by atoms with Crippen LogP contribution in [0.25, 0.3) is 0 Å². The second kappa shape index (κ2) is 24.9. The monoisotopic (exact) mass is 938 g/mol. The van der Waals surface area contributed by atoms with Crippen LogP contribution in [0.5, 0.6) is 0 Å². The molecule has 4 aliphatic rings. The highest BCUT2D eigenvalue weighted by Crippen LogP contribution is 2.33. The van der Waals surface area contributed by atoms with E-state index in [0.717, 1.165) is 25.0 Å². The van der Waals surface area contributed by atoms with E-state index in [1.807, 2.05) is 39.5 Å². The van der Waals surface area contributed by atoms with Gasteiger partial charge in [-0.1, -0.05) is 40.5 Å². The highest BCUT2D eigenvalue weighted by molar-refractivity contribution is 8.00. The first kappa shape index (κ1) is 50.8. The number of anilines is 2. The highest BCUT2D eigenvalue weighted by Gasteiger charge is 2.42. The number of piperazine rings is 1. The molecule has 0 aliphatic carbocycles. The van der Waals surface area contributed by atoms with E-state index in [2.05, 4.69) is 37.2 Å². The maximum absolute atomic E-state index is 13.8. The largest absolute Gasteiger partial charge is 0.353 e. The minimum Gasteiger partial charge on any atom is -0.353 e. The second-order valence-electron chi connectivity index (χ2n) is 17.9. The van der Waals surface area contributed by atoms with Crippen molar-refractivity contribution in [3.8, 4) is 0 Å². The van der Waals surface area contributed by atoms with Crippen LogP contribution in [0.1, 0.15) is 91.9 Å². The number of rotatable bonds is 23. The molecule has 0 radical (unpaired) electrons. The number of carbonyl (C=O) groups is 8. The molecule has 9 amide bonds. The summed E-state index contributed by atoms with van der Waals surface area (Å²) in [4.78, 5) is 106. The van der Waals surface area contributed by atoms with Crippen molar-refractivity contribution in [2.24, 2.45) is 11.8 Å². The first-order valence-corrected chi connectivity index (χ1v) is 24.3. The number of hydrogen-bond acceptors (Lipinski definition) is 10. The maximum atomic E-state index is 13.8. The number of thiocarbonyl (C=S) groups is 1. The van der Waals surface area contributed by atoms with Crippen LogP contribution in [0.4, 0.5) is 16.2 Å². The van der Waals surface area contributed by atoms with Crippen molar-refractivity contribution in [3.63, 3.8) is 0 Å². The van der Waals surface area contributed by atoms with Gasteiger partial charge in [0.25, 0.3) is 11.8 Å². The van der Waals surface area contributed by atoms with Gasteiger partial charge in [0.1, 0.15) is 12.1 Å². The lowest BCUT2D eigenvalue weighted by Gasteiger charge is -2.37. The molecule has 5 atom stereocenters. The van der Waals surface area contributed by atoms with Gasteiger partial charge in [0.05, 0.1) is 18.6 Å². The fraction of sp³-hybridized carbons (Fsp3) is 0.622. The molecule has 0 aromatic heterocycles. The quantitative estimate of drug-likeness (QED) is 0.0364. The summed E-state index contributed by atoms with van der Waals surface area (Å²) in [7, 11) is 0. The molecule has 3 fully saturated rings. The Morgan fingerprint density at radius 1 is 0.738 bits per heavy atom. The SMILES string of the molecule is CC(C)C[C@H](NC(=O)CCCCCN1C(=O)C=CC1=O)C(=O)N[C@@H](CC(C)C)C(=O)N1CCN(C(=O)CNC(=S)Nc2ccc(NC(=O)CCCC[C@@H]3SC[C@@H]4NC(=O)N[C@@H]43)cc2)CC1. The Kier molecular flexibility index (Phi) is 19.4. The van der Waals surface area contributed by atoms with E-state index < -0.39 is 18.0 Å². The molecule has 20 heteroatoms. The van der Waals surface area contributed by atoms with E-state index in [1.54, 1.807) is 34.1 Å². The fourth-order valence-electron chi connectivity index (χ4n) is 8.29. The lowest BCUT2D eigenvalue weighted by Crippen LogP contribution is -2.58. The average molecular weight is 939 g/mol. The van der Waals surface area contributed by atoms with Crippen LogP contribution >= 0.6 is 24.0 Å². The Hall–Kier alpha value is -5.24. The van der Waals surface area contributed by atoms with Crippen LogP contribution < -0.4 is 37.2 Å². The predicted molar refractivity (Wildman–Crippen MR) is 254 cm³/mol. The fourth-order valence-corrected chi connectivity index (χ4v) is 10.0. The molecule has 356 valence electrons. The van der Waals surface area contributed by atoms with E-state index in [9.17, 15) is 38.4 Å². The van der Waals surface area contributed by atoms with E-state index >= 15 is 0 Å². The third kappa shape index (κ3) is 16.0. The van der Waals surface area contributed by atoms with Crippen molar-refractivity contribution in [1.29, 1.82) is 0 Å². The van der Waals surface area contributed by atoms with Gasteiger partial charge >= 0.3 is 6.03 Å². The third-order valence-corrected chi connectivity index (χ3v) is 13.5. The molecule has 1 aromatic carbocycles. The van der Waals surface area contributed by atoms with Gasteiger partial charge in [0.2, 0.25) is 29.5 Å². The van der Waals surface area contributed by atoms with E-state index in [1.165, 1.54) is 17.1 Å². The Labute approximate surface area is 391 Å². The summed E-state index contributed by atoms with van der Waals surface area (Å²) >= 11 is 7.30. The van der Waals surface area contributed by atoms with Crippen molar-refractivity contribution >= 4 is 87.8 Å². The van der Waals surface area contributed by atoms with Crippen molar-refractivity contribution in [3.05, 3.63) is 36.4 Å². The van der Waals surface area contributed by atoms with Crippen LogP contribution in [0.15, 0.2) is 36.4 Å². The lowest BCUT2D eigenvalue weighted by molar-refractivity contribution is -0.142. The summed E-state index contributed by atoms with van der Waals surface area (Å²) in [5, 5.41) is 21.3. The molecule has 18 nitrogen and oxygen atoms in total. The topological polar surface area (TPSA) is 230 Å². The van der Waals surface area contributed by atoms with Crippen LogP contribution in [-0.4, -0.2) is 142 Å². The van der Waals surface area contributed by atoms with E-state index in [-0.39, 0.29) is 83.5 Å². The minimum absolute atomic E-state index is 0.0482. The lowest BCUT2D eigenvalue weighted by atomic mass is 9.99. The first-order valence-electron chi connectivity index (χ1n) is 22.9. The van der Waals surface area contributed by atoms with Gasteiger partial charge in [0, 0.05) is 80.1 Å². The minimum atomic E-state index is -0.829. The van der Waals surface area contributed by atoms with Crippen LogP contribution in [0.2, 0.25) is 0 Å². The van der Waals surface area contributed by atoms with Crippen LogP contribution in [0, 0.1) is 11.8 Å². The average Bonchev–Trinajstić information content (AvgIpc) is 3.93. The predicted octanol–water partition coefficient (Wildman–Crippen LogP) is 2.86. The zero-order valence-corrected chi connectivity index (χ0v) is 39.6. The normalized spacial score (nSPS) is 20.0. The number of nitrogens with one attached hydrogen (secondary N) is 7. The molecule has 1 aromatic rings. The van der Waals surface area contributed by atoms with Gasteiger partial charge in [-0.3, -0.25) is 38.5 Å². The number of hydrogen-bond donors (Lipinski definition) is 7. The standard InChI is InChI=1S/C45H66N10O8S2/c1-28(2)24-32(49-37(57)11-6-5-9-19-55-38(58)17-18-39(55)59)42(61)50-33(25-29(3)4)43(62)54-22-20-53(21-23-54)40(60)26-46-45(64)48-31-15-13-30(14-16-31)47-36(56)12-8-7-10-35-41-34(27-65-35)51-44(63)52-41/h13-18,28-29,32-35,41H,5-12,19-27H2,1-4H3,(H,47,56)(H,49,57)(H,50,61)(H2,46,48,64)(H2,51,52,63)/t32-,33-,34-,35-,41-/m0/s1. The molecule has 0 spiro atoms. The molecule has 7 N–H and O–H groups in total. The summed E-state index contributed by atoms with van der Waals surface area (Å²) in [6, 6.07) is 5.75. The van der Waals surface area contributed by atoms with Crippen molar-refractivity contribution in [1.82, 2.24) is 41.3 Å². The number of thioether (sulfide) groups is 1. The number of benzene rings is 1. The molecule has 4 heterocycles. The summed E-state index contributed by atoms with van der Waals surface area (Å²) in [5.41, 5.74) is 1.34. The van der Waals surface area contributed by atoms with Gasteiger partial charge in [-0.25, -0.2) is 4.79 Å². The van der Waals surface area contributed by atoms with Crippen molar-refractivity contribution < 1.29 is 38.4 Å². The third-order valence-electron chi connectivity index (χ3n) is 11.7. The Bertz CT molecular complexity index is 1910. The van der Waals surface area contributed by atoms with Gasteiger partial charge in [-0.05, 0) is 86.8 Å². The van der Waals surface area contributed by atoms with Crippen molar-refractivity contribution in [2.45, 2.75) is 121 Å². The number of nitrogens with zero attached hydrogens (tertiary/aromatic N) is 3. The van der Waals surface area contributed by atoms with Gasteiger partial charge in [-0.2, -0.15) is 11.8 Å². The Morgan fingerprint density at radius 2 is 1.34 bits per heavy atom. The molecular formula is C45H66N10O8S2. The Morgan fingerprint density at radius 3 is 2.00 bits per heavy atom. The van der Waals surface area contributed by atoms with Crippen molar-refractivity contribution in [2.75, 3.05) is 55.7 Å². The first-order chi connectivity index (χ1) is 31.1. The van der Waals surface area contributed by atoms with Gasteiger partial charge in [0.15, 0.2) is 5.11 Å². The molecule has 0 bridgehead atoms. The zero-order valence-electron chi connectivity index (χ0n) is 38.0. The molecule has 3 saturated heterocycles. The molecule has 5 rings (SSSR count). The number of carbonyl (C=O) groups excluding carboxylic acids is 8. The maximum Gasteiger partial charge on any atom is 0.315 e. The molecule has 0 saturated carbocycles. The number of imide groups is 1. The number of fused-ring (bicyclic) bond motifs is 1. The summed E-state index contributed by atoms with van der Waals surface area (Å²) < 4.78 is 0. The highest BCUT2D eigenvalue weighted by atomic mass is 32.2. The molecular weight excluding hydrogens is 873 g/mol. The van der Waals surface area contributed by atoms with E-state index in [4.69, 9.17) is 12.2 Å². The summed E-state index contributed by atoms with van der Waals surface area (Å²) in [6.07, 6.45) is 8.20. The second-order valence-corrected chi connectivity index (χ2v) is 19.6. The molecule has 0 unspecified atom stereocenters. The number of unbranched alkanes of at least 4 members (excludes halogenated alkanes) is 3. The van der Waals surface area contributed by atoms with E-state index in [0.29, 0.717) is 87.9 Å². The van der Waals surface area contributed by atoms with Gasteiger partial charge in [-0.15, -0.1) is 0 Å². The van der Waals surface area contributed by atoms with Crippen LogP contribution in [0.3, 0.4) is 0 Å².